The van der Waals surface area contributed by atoms with Crippen LogP contribution in [0.1, 0.15) is 38.8 Å². The van der Waals surface area contributed by atoms with Crippen molar-refractivity contribution in [3.8, 4) is 23.0 Å². The molecular weight excluding hydrogens is 1190 g/mol. The second-order valence-corrected chi connectivity index (χ2v) is 21.3. The predicted molar refractivity (Wildman–Crippen MR) is 300 cm³/mol. The van der Waals surface area contributed by atoms with E-state index in [1.165, 1.54) is 74.5 Å². The minimum absolute atomic E-state index is 0.00103. The number of esters is 2. The van der Waals surface area contributed by atoms with E-state index in [0.717, 1.165) is 24.3 Å². The van der Waals surface area contributed by atoms with Crippen LogP contribution < -0.4 is 29.6 Å². The van der Waals surface area contributed by atoms with Crippen molar-refractivity contribution in [1.29, 1.82) is 0 Å². The molecule has 0 fully saturated rings. The number of hydrogen-bond acceptors (Lipinski definition) is 20. The number of carbonyl (C=O) groups is 4. The number of amides is 2. The molecule has 0 aliphatic carbocycles. The molecule has 24 nitrogen and oxygen atoms in total. The first-order valence-electron chi connectivity index (χ1n) is 26.7. The molecule has 0 unspecified atom stereocenters. The van der Waals surface area contributed by atoms with Crippen LogP contribution in [0, 0.1) is 23.3 Å². The lowest BCUT2D eigenvalue weighted by atomic mass is 10.1. The predicted octanol–water partition coefficient (Wildman–Crippen LogP) is 4.07. The van der Waals surface area contributed by atoms with Crippen LogP contribution in [0.15, 0.2) is 93.7 Å². The first-order chi connectivity index (χ1) is 41.1. The molecule has 4 aromatic rings. The van der Waals surface area contributed by atoms with Gasteiger partial charge in [0.2, 0.25) is 20.0 Å². The minimum atomic E-state index is -3.98. The number of hydrogen-bond donors (Lipinski definition) is 6. The van der Waals surface area contributed by atoms with E-state index in [1.807, 2.05) is 0 Å². The summed E-state index contributed by atoms with van der Waals surface area (Å²) in [5.41, 5.74) is 0.407. The molecule has 474 valence electrons. The zero-order chi connectivity index (χ0) is 63.1. The van der Waals surface area contributed by atoms with Crippen LogP contribution in [0.5, 0.6) is 23.0 Å². The van der Waals surface area contributed by atoms with E-state index in [-0.39, 0.29) is 162 Å². The maximum atomic E-state index is 14.7. The molecular formula is C56H70F4N4O20S2. The van der Waals surface area contributed by atoms with E-state index in [4.69, 9.17) is 47.4 Å². The quantitative estimate of drug-likeness (QED) is 0.0158. The number of sulfonamides is 2. The number of ether oxygens (including phenoxy) is 10. The minimum Gasteiger partial charge on any atom is -0.463 e. The van der Waals surface area contributed by atoms with Crippen molar-refractivity contribution in [2.75, 3.05) is 119 Å². The Morgan fingerprint density at radius 1 is 0.465 bits per heavy atom. The Balaban J connectivity index is 0.944. The van der Waals surface area contributed by atoms with Gasteiger partial charge in [-0.05, 0) is 124 Å². The fraction of sp³-hybridized carbons (Fsp3) is 0.429. The highest BCUT2D eigenvalue weighted by Gasteiger charge is 2.30. The van der Waals surface area contributed by atoms with E-state index < -0.39 is 90.8 Å². The highest BCUT2D eigenvalue weighted by molar-refractivity contribution is 7.89. The summed E-state index contributed by atoms with van der Waals surface area (Å²) in [4.78, 5) is 47.9. The first kappa shape index (κ1) is 71.5. The number of nitrogens with one attached hydrogen (secondary N) is 4. The van der Waals surface area contributed by atoms with Gasteiger partial charge in [-0.15, -0.1) is 0 Å². The first-order valence-corrected chi connectivity index (χ1v) is 29.7. The van der Waals surface area contributed by atoms with Crippen molar-refractivity contribution in [3.63, 3.8) is 0 Å². The van der Waals surface area contributed by atoms with Crippen molar-refractivity contribution in [2.45, 2.75) is 49.7 Å². The van der Waals surface area contributed by atoms with Gasteiger partial charge in [-0.3, -0.25) is 9.59 Å². The maximum Gasteiger partial charge on any atom is 0.333 e. The lowest BCUT2D eigenvalue weighted by Crippen LogP contribution is -2.50. The molecule has 4 rings (SSSR count). The standard InChI is InChI=1S/C56H70F4N4O20S2/c1-5-81-55(69)37(3)31-39-33-45(57)51(46(58)34-39)83-41-7-11-43(12-8-41)85(71,72)63-17-21-77-25-29-79-27-23-75-19-15-61-53(67)49(65)50(66)54(68)62-16-20-76-24-28-80-30-26-78-22-18-64-86(73,74)44-13-9-42(10-14-44)84-52-47(59)35-40(36-48(52)60)32-38(4)56(70)82-6-2/h7-14,31-36,49-50,63-66H,5-6,15-30H2,1-4H3,(H,61,67)(H,62,68)/b37-31+,38-32+/t49-,50-/m1/s1. The third-order valence-corrected chi connectivity index (χ3v) is 14.2. The Morgan fingerprint density at radius 3 is 1.03 bits per heavy atom. The fourth-order valence-corrected chi connectivity index (χ4v) is 9.00. The van der Waals surface area contributed by atoms with Crippen molar-refractivity contribution in [3.05, 3.63) is 118 Å². The summed E-state index contributed by atoms with van der Waals surface area (Å²) in [7, 11) is -7.96. The molecule has 2 amide bonds. The number of aliphatic hydroxyl groups is 2. The van der Waals surface area contributed by atoms with Crippen LogP contribution in [-0.4, -0.2) is 182 Å². The summed E-state index contributed by atoms with van der Waals surface area (Å²) < 4.78 is 167. The Labute approximate surface area is 495 Å². The summed E-state index contributed by atoms with van der Waals surface area (Å²) in [6, 6.07) is 13.6. The van der Waals surface area contributed by atoms with Crippen LogP contribution in [0.3, 0.4) is 0 Å². The molecule has 6 N–H and O–H groups in total. The fourth-order valence-electron chi connectivity index (χ4n) is 6.97. The largest absolute Gasteiger partial charge is 0.463 e. The maximum absolute atomic E-state index is 14.7. The lowest BCUT2D eigenvalue weighted by molar-refractivity contribution is -0.146. The van der Waals surface area contributed by atoms with E-state index in [9.17, 15) is 63.8 Å². The smallest absolute Gasteiger partial charge is 0.333 e. The molecule has 0 aliphatic heterocycles. The number of carbonyl (C=O) groups excluding carboxylic acids is 4. The van der Waals surface area contributed by atoms with Crippen LogP contribution in [0.25, 0.3) is 12.2 Å². The zero-order valence-corrected chi connectivity index (χ0v) is 49.2. The Hall–Kier alpha value is -6.94. The summed E-state index contributed by atoms with van der Waals surface area (Å²) in [5, 5.41) is 24.9. The van der Waals surface area contributed by atoms with Gasteiger partial charge >= 0.3 is 11.9 Å². The van der Waals surface area contributed by atoms with Gasteiger partial charge < -0.3 is 68.2 Å². The SMILES string of the molecule is CCOC(=O)/C(C)=C/c1cc(F)c(Oc2ccc(S(=O)(=O)NCCOCCOCCOCCNC(=O)[C@H](O)[C@@H](O)C(=O)NCCOCCOCCOCCNS(=O)(=O)c3ccc(Oc4c(F)cc(/C=C(\C)C(=O)OCC)cc4F)cc3)cc2)c(F)c1. The molecule has 86 heavy (non-hydrogen) atoms. The summed E-state index contributed by atoms with van der Waals surface area (Å²) in [6.07, 6.45) is -1.63. The van der Waals surface area contributed by atoms with Gasteiger partial charge in [0, 0.05) is 37.3 Å². The lowest BCUT2D eigenvalue weighted by Gasteiger charge is -2.17. The zero-order valence-electron chi connectivity index (χ0n) is 47.5. The molecule has 30 heteroatoms. The van der Waals surface area contributed by atoms with E-state index in [0.29, 0.717) is 0 Å². The molecule has 0 saturated heterocycles. The molecule has 4 aromatic carbocycles. The van der Waals surface area contributed by atoms with Crippen LogP contribution in [0.2, 0.25) is 0 Å². The van der Waals surface area contributed by atoms with Crippen molar-refractivity contribution >= 4 is 56.0 Å². The molecule has 0 heterocycles. The van der Waals surface area contributed by atoms with Gasteiger partial charge in [-0.1, -0.05) is 0 Å². The summed E-state index contributed by atoms with van der Waals surface area (Å²) in [5.74, 6) is -9.02. The van der Waals surface area contributed by atoms with Gasteiger partial charge in [0.15, 0.2) is 47.0 Å². The number of halogens is 4. The van der Waals surface area contributed by atoms with E-state index >= 15 is 0 Å². The van der Waals surface area contributed by atoms with Gasteiger partial charge in [0.25, 0.3) is 11.8 Å². The molecule has 0 radical (unpaired) electrons. The van der Waals surface area contributed by atoms with Gasteiger partial charge in [0.05, 0.1) is 102 Å². The van der Waals surface area contributed by atoms with Crippen molar-refractivity contribution < 1.29 is 111 Å². The van der Waals surface area contributed by atoms with E-state index in [2.05, 4.69) is 20.1 Å². The highest BCUT2D eigenvalue weighted by Crippen LogP contribution is 2.32. The third kappa shape index (κ3) is 25.2. The Bertz CT molecular complexity index is 2870. The Morgan fingerprint density at radius 2 is 0.744 bits per heavy atom. The molecule has 0 saturated carbocycles. The number of rotatable bonds is 41. The van der Waals surface area contributed by atoms with Gasteiger partial charge in [-0.2, -0.15) is 0 Å². The van der Waals surface area contributed by atoms with Gasteiger partial charge in [0.1, 0.15) is 11.5 Å². The average molecular weight is 1260 g/mol. The van der Waals surface area contributed by atoms with Gasteiger partial charge in [-0.25, -0.2) is 53.4 Å². The second kappa shape index (κ2) is 37.6. The van der Waals surface area contributed by atoms with Crippen LogP contribution >= 0.6 is 0 Å². The van der Waals surface area contributed by atoms with Crippen molar-refractivity contribution in [2.24, 2.45) is 0 Å². The second-order valence-electron chi connectivity index (χ2n) is 17.8. The molecule has 0 bridgehead atoms. The molecule has 0 aliphatic rings. The molecule has 0 spiro atoms. The summed E-state index contributed by atoms with van der Waals surface area (Å²) >= 11 is 0. The average Bonchev–Trinajstić information content (AvgIpc) is 2.29. The van der Waals surface area contributed by atoms with Crippen molar-refractivity contribution in [1.82, 2.24) is 20.1 Å². The number of benzene rings is 4. The highest BCUT2D eigenvalue weighted by atomic mass is 32.2. The monoisotopic (exact) mass is 1260 g/mol. The number of aliphatic hydroxyl groups excluding tert-OH is 2. The molecule has 0 aromatic heterocycles. The van der Waals surface area contributed by atoms with Crippen LogP contribution in [0.4, 0.5) is 17.6 Å². The summed E-state index contributed by atoms with van der Waals surface area (Å²) in [6.45, 7) is 7.18. The normalized spacial score (nSPS) is 12.8. The topological polar surface area (TPSA) is 317 Å². The van der Waals surface area contributed by atoms with Crippen LogP contribution in [-0.2, 0) is 77.1 Å². The van der Waals surface area contributed by atoms with E-state index in [1.54, 1.807) is 13.8 Å². The Kier molecular flexibility index (Phi) is 31.3. The third-order valence-electron chi connectivity index (χ3n) is 11.2. The molecule has 2 atom stereocenters.